The normalized spacial score (nSPS) is 10.2. The first-order chi connectivity index (χ1) is 7.58. The van der Waals surface area contributed by atoms with Crippen molar-refractivity contribution < 1.29 is 4.79 Å². The van der Waals surface area contributed by atoms with Gasteiger partial charge in [0.2, 0.25) is 0 Å². The molecule has 6 N–H and O–H groups in total. The maximum absolute atomic E-state index is 10.9. The SMILES string of the molecule is NC(=O)c1ccn(-c2ccc(N)c(N)c2)n1. The van der Waals surface area contributed by atoms with Gasteiger partial charge >= 0.3 is 0 Å². The number of amides is 1. The third-order valence-electron chi connectivity index (χ3n) is 2.18. The second kappa shape index (κ2) is 3.58. The molecule has 1 aromatic heterocycles. The molecule has 0 aliphatic heterocycles. The zero-order chi connectivity index (χ0) is 11.7. The highest BCUT2D eigenvalue weighted by Gasteiger charge is 2.06. The van der Waals surface area contributed by atoms with Gasteiger partial charge < -0.3 is 17.2 Å². The van der Waals surface area contributed by atoms with Crippen LogP contribution in [0, 0.1) is 0 Å². The van der Waals surface area contributed by atoms with Crippen LogP contribution in [-0.2, 0) is 0 Å². The highest BCUT2D eigenvalue weighted by atomic mass is 16.1. The van der Waals surface area contributed by atoms with Crippen LogP contribution in [0.3, 0.4) is 0 Å². The Morgan fingerprint density at radius 2 is 1.94 bits per heavy atom. The van der Waals surface area contributed by atoms with Gasteiger partial charge in [0.1, 0.15) is 5.69 Å². The molecule has 0 fully saturated rings. The second-order valence-corrected chi connectivity index (χ2v) is 3.32. The van der Waals surface area contributed by atoms with E-state index in [4.69, 9.17) is 17.2 Å². The lowest BCUT2D eigenvalue weighted by molar-refractivity contribution is 0.0995. The van der Waals surface area contributed by atoms with Gasteiger partial charge in [0.15, 0.2) is 0 Å². The van der Waals surface area contributed by atoms with Crippen LogP contribution in [0.4, 0.5) is 11.4 Å². The number of aromatic nitrogens is 2. The Hall–Kier alpha value is -2.50. The van der Waals surface area contributed by atoms with Crippen LogP contribution in [-0.4, -0.2) is 15.7 Å². The van der Waals surface area contributed by atoms with Crippen LogP contribution in [0.2, 0.25) is 0 Å². The molecule has 0 spiro atoms. The van der Waals surface area contributed by atoms with Crippen molar-refractivity contribution in [2.75, 3.05) is 11.5 Å². The second-order valence-electron chi connectivity index (χ2n) is 3.32. The van der Waals surface area contributed by atoms with Crippen LogP contribution >= 0.6 is 0 Å². The van der Waals surface area contributed by atoms with Crippen LogP contribution in [0.1, 0.15) is 10.5 Å². The monoisotopic (exact) mass is 217 g/mol. The molecule has 0 saturated carbocycles. The van der Waals surface area contributed by atoms with Gasteiger partial charge in [-0.15, -0.1) is 0 Å². The van der Waals surface area contributed by atoms with Gasteiger partial charge in [-0.05, 0) is 24.3 Å². The van der Waals surface area contributed by atoms with Crippen molar-refractivity contribution in [3.05, 3.63) is 36.2 Å². The zero-order valence-electron chi connectivity index (χ0n) is 8.42. The molecule has 0 aliphatic rings. The average Bonchev–Trinajstić information content (AvgIpc) is 2.71. The molecule has 0 saturated heterocycles. The number of hydrogen-bond donors (Lipinski definition) is 3. The molecular formula is C10H11N5O. The van der Waals surface area contributed by atoms with E-state index in [2.05, 4.69) is 5.10 Å². The largest absolute Gasteiger partial charge is 0.397 e. The first-order valence-electron chi connectivity index (χ1n) is 4.59. The maximum Gasteiger partial charge on any atom is 0.269 e. The van der Waals surface area contributed by atoms with E-state index < -0.39 is 5.91 Å². The Morgan fingerprint density at radius 3 is 2.50 bits per heavy atom. The van der Waals surface area contributed by atoms with Crippen LogP contribution in [0.25, 0.3) is 5.69 Å². The van der Waals surface area contributed by atoms with Crippen LogP contribution in [0.15, 0.2) is 30.5 Å². The topological polar surface area (TPSA) is 113 Å². The molecule has 6 heteroatoms. The van der Waals surface area contributed by atoms with Gasteiger partial charge in [0, 0.05) is 6.20 Å². The summed E-state index contributed by atoms with van der Waals surface area (Å²) in [5.41, 5.74) is 18.3. The van der Waals surface area contributed by atoms with E-state index in [-0.39, 0.29) is 5.69 Å². The van der Waals surface area contributed by atoms with Crippen molar-refractivity contribution in [2.45, 2.75) is 0 Å². The lowest BCUT2D eigenvalue weighted by Gasteiger charge is -2.04. The van der Waals surface area contributed by atoms with E-state index in [1.165, 1.54) is 10.7 Å². The molecule has 6 nitrogen and oxygen atoms in total. The molecular weight excluding hydrogens is 206 g/mol. The van der Waals surface area contributed by atoms with Gasteiger partial charge in [-0.1, -0.05) is 0 Å². The minimum atomic E-state index is -0.567. The van der Waals surface area contributed by atoms with Crippen molar-refractivity contribution in [3.63, 3.8) is 0 Å². The fourth-order valence-electron chi connectivity index (χ4n) is 1.30. The number of hydrogen-bond acceptors (Lipinski definition) is 4. The van der Waals surface area contributed by atoms with Crippen LogP contribution < -0.4 is 17.2 Å². The van der Waals surface area contributed by atoms with Gasteiger partial charge in [0.05, 0.1) is 17.1 Å². The number of carbonyl (C=O) groups is 1. The first kappa shape index (κ1) is 10.0. The molecule has 2 rings (SSSR count). The van der Waals surface area contributed by atoms with E-state index in [1.54, 1.807) is 24.4 Å². The van der Waals surface area contributed by atoms with Gasteiger partial charge in [-0.2, -0.15) is 5.10 Å². The predicted molar refractivity (Wildman–Crippen MR) is 60.9 cm³/mol. The number of nitrogens with zero attached hydrogens (tertiary/aromatic N) is 2. The number of benzene rings is 1. The molecule has 1 amide bonds. The molecule has 82 valence electrons. The van der Waals surface area contributed by atoms with Crippen molar-refractivity contribution in [3.8, 4) is 5.69 Å². The minimum absolute atomic E-state index is 0.204. The standard InChI is InChI=1S/C10H11N5O/c11-7-2-1-6(5-8(7)12)15-4-3-9(14-15)10(13)16/h1-5H,11-12H2,(H2,13,16). The molecule has 2 aromatic rings. The molecule has 16 heavy (non-hydrogen) atoms. The fourth-order valence-corrected chi connectivity index (χ4v) is 1.30. The molecule has 0 aliphatic carbocycles. The van der Waals surface area contributed by atoms with E-state index >= 15 is 0 Å². The molecule has 0 unspecified atom stereocenters. The third kappa shape index (κ3) is 1.68. The summed E-state index contributed by atoms with van der Waals surface area (Å²) in [6, 6.07) is 6.64. The summed E-state index contributed by atoms with van der Waals surface area (Å²) in [7, 11) is 0. The Bertz CT molecular complexity index is 546. The summed E-state index contributed by atoms with van der Waals surface area (Å²) in [6.07, 6.45) is 1.63. The summed E-state index contributed by atoms with van der Waals surface area (Å²) in [5, 5.41) is 4.00. The highest BCUT2D eigenvalue weighted by molar-refractivity contribution is 5.90. The summed E-state index contributed by atoms with van der Waals surface area (Å²) in [6.45, 7) is 0. The van der Waals surface area contributed by atoms with Crippen LogP contribution in [0.5, 0.6) is 0 Å². The molecule has 0 bridgehead atoms. The quantitative estimate of drug-likeness (QED) is 0.620. The summed E-state index contributed by atoms with van der Waals surface area (Å²) >= 11 is 0. The molecule has 1 aromatic carbocycles. The van der Waals surface area contributed by atoms with E-state index in [0.717, 1.165) is 5.69 Å². The number of nitrogens with two attached hydrogens (primary N) is 3. The van der Waals surface area contributed by atoms with E-state index in [0.29, 0.717) is 11.4 Å². The Labute approximate surface area is 91.6 Å². The number of carbonyl (C=O) groups excluding carboxylic acids is 1. The van der Waals surface area contributed by atoms with Crippen molar-refractivity contribution in [2.24, 2.45) is 5.73 Å². The van der Waals surface area contributed by atoms with Gasteiger partial charge in [-0.25, -0.2) is 4.68 Å². The molecule has 0 atom stereocenters. The van der Waals surface area contributed by atoms with Crippen molar-refractivity contribution in [1.82, 2.24) is 9.78 Å². The number of rotatable bonds is 2. The highest BCUT2D eigenvalue weighted by Crippen LogP contribution is 2.18. The number of anilines is 2. The first-order valence-corrected chi connectivity index (χ1v) is 4.59. The van der Waals surface area contributed by atoms with E-state index in [9.17, 15) is 4.79 Å². The minimum Gasteiger partial charge on any atom is -0.397 e. The maximum atomic E-state index is 10.9. The lowest BCUT2D eigenvalue weighted by Crippen LogP contribution is -2.12. The van der Waals surface area contributed by atoms with Gasteiger partial charge in [0.25, 0.3) is 5.91 Å². The smallest absolute Gasteiger partial charge is 0.269 e. The Morgan fingerprint density at radius 1 is 1.19 bits per heavy atom. The zero-order valence-corrected chi connectivity index (χ0v) is 8.42. The van der Waals surface area contributed by atoms with E-state index in [1.807, 2.05) is 0 Å². The molecule has 0 radical (unpaired) electrons. The van der Waals surface area contributed by atoms with Crippen molar-refractivity contribution >= 4 is 17.3 Å². The average molecular weight is 217 g/mol. The Balaban J connectivity index is 2.42. The van der Waals surface area contributed by atoms with Gasteiger partial charge in [-0.3, -0.25) is 4.79 Å². The number of nitrogen functional groups attached to an aromatic ring is 2. The molecule has 1 heterocycles. The number of primary amides is 1. The fraction of sp³-hybridized carbons (Fsp3) is 0. The summed E-state index contributed by atoms with van der Waals surface area (Å²) in [5.74, 6) is -0.567. The third-order valence-corrected chi connectivity index (χ3v) is 2.18. The summed E-state index contributed by atoms with van der Waals surface area (Å²) in [4.78, 5) is 10.9. The predicted octanol–water partition coefficient (Wildman–Crippen LogP) is 0.136. The lowest BCUT2D eigenvalue weighted by atomic mass is 10.2. The summed E-state index contributed by atoms with van der Waals surface area (Å²) < 4.78 is 1.51. The van der Waals surface area contributed by atoms with Crippen molar-refractivity contribution in [1.29, 1.82) is 0 Å². The Kier molecular flexibility index (Phi) is 2.24.